The maximum atomic E-state index is 12.6. The number of pyridine rings is 1. The maximum Gasteiger partial charge on any atom is 0.256 e. The summed E-state index contributed by atoms with van der Waals surface area (Å²) in [6, 6.07) is 17.8. The zero-order valence-electron chi connectivity index (χ0n) is 13.1. The predicted octanol–water partition coefficient (Wildman–Crippen LogP) is 3.17. The van der Waals surface area contributed by atoms with Crippen LogP contribution >= 0.6 is 0 Å². The highest BCUT2D eigenvalue weighted by Crippen LogP contribution is 2.20. The lowest BCUT2D eigenvalue weighted by atomic mass is 10.1. The molecule has 6 nitrogen and oxygen atoms in total. The number of anilines is 1. The van der Waals surface area contributed by atoms with Crippen LogP contribution in [0.25, 0.3) is 22.2 Å². The largest absolute Gasteiger partial charge is 0.322 e. The van der Waals surface area contributed by atoms with E-state index in [2.05, 4.69) is 20.5 Å². The number of rotatable bonds is 3. The number of carbonyl (C=O) groups is 1. The molecule has 4 aromatic rings. The van der Waals surface area contributed by atoms with Crippen LogP contribution < -0.4 is 10.9 Å². The third-order valence-corrected chi connectivity index (χ3v) is 3.95. The van der Waals surface area contributed by atoms with Crippen LogP contribution in [0.4, 0.5) is 5.69 Å². The van der Waals surface area contributed by atoms with Gasteiger partial charge in [-0.05, 0) is 29.8 Å². The number of carbonyl (C=O) groups excluding carboxylic acids is 1. The average molecular weight is 330 g/mol. The molecule has 0 saturated heterocycles. The van der Waals surface area contributed by atoms with Crippen LogP contribution in [0.5, 0.6) is 0 Å². The van der Waals surface area contributed by atoms with Crippen LogP contribution in [0, 0.1) is 0 Å². The quantitative estimate of drug-likeness (QED) is 0.539. The molecular formula is C19H14N4O2. The van der Waals surface area contributed by atoms with E-state index < -0.39 is 0 Å². The van der Waals surface area contributed by atoms with Gasteiger partial charge in [-0.2, -0.15) is 5.10 Å². The van der Waals surface area contributed by atoms with E-state index in [-0.39, 0.29) is 11.5 Å². The third kappa shape index (κ3) is 2.92. The Morgan fingerprint density at radius 2 is 1.80 bits per heavy atom. The van der Waals surface area contributed by atoms with Gasteiger partial charge in [0, 0.05) is 28.9 Å². The summed E-state index contributed by atoms with van der Waals surface area (Å²) in [7, 11) is 0. The van der Waals surface area contributed by atoms with Gasteiger partial charge in [0.25, 0.3) is 5.91 Å². The topological polar surface area (TPSA) is 90.6 Å². The number of nitrogens with one attached hydrogen (secondary N) is 3. The van der Waals surface area contributed by atoms with E-state index in [1.807, 2.05) is 48.5 Å². The Morgan fingerprint density at radius 3 is 2.56 bits per heavy atom. The standard InChI is InChI=1S/C19H14N4O2/c24-18-11-15(14-3-1-2-4-17(14)22-18)19(25)21-13-7-5-12(6-8-13)16-9-10-20-23-16/h1-11H,(H,20,23)(H,21,25)(H,22,24). The Bertz CT molecular complexity index is 1100. The molecule has 0 atom stereocenters. The number of fused-ring (bicyclic) bond motifs is 1. The number of nitrogens with zero attached hydrogens (tertiary/aromatic N) is 1. The molecule has 6 heteroatoms. The van der Waals surface area contributed by atoms with Crippen molar-refractivity contribution < 1.29 is 4.79 Å². The van der Waals surface area contributed by atoms with Gasteiger partial charge in [0.15, 0.2) is 0 Å². The lowest BCUT2D eigenvalue weighted by molar-refractivity contribution is 0.102. The highest BCUT2D eigenvalue weighted by molar-refractivity contribution is 6.12. The van der Waals surface area contributed by atoms with Crippen molar-refractivity contribution in [3.63, 3.8) is 0 Å². The lowest BCUT2D eigenvalue weighted by Gasteiger charge is -2.08. The molecule has 0 bridgehead atoms. The molecular weight excluding hydrogens is 316 g/mol. The van der Waals surface area contributed by atoms with E-state index in [0.717, 1.165) is 11.3 Å². The summed E-state index contributed by atoms with van der Waals surface area (Å²) >= 11 is 0. The fourth-order valence-corrected chi connectivity index (χ4v) is 2.74. The van der Waals surface area contributed by atoms with E-state index >= 15 is 0 Å². The van der Waals surface area contributed by atoms with Gasteiger partial charge in [-0.25, -0.2) is 0 Å². The zero-order valence-corrected chi connectivity index (χ0v) is 13.1. The van der Waals surface area contributed by atoms with Gasteiger partial charge < -0.3 is 10.3 Å². The molecule has 2 aromatic heterocycles. The summed E-state index contributed by atoms with van der Waals surface area (Å²) in [5.74, 6) is -0.323. The smallest absolute Gasteiger partial charge is 0.256 e. The first-order valence-electron chi connectivity index (χ1n) is 7.74. The van der Waals surface area contributed by atoms with Crippen LogP contribution in [-0.4, -0.2) is 21.1 Å². The van der Waals surface area contributed by atoms with Crippen LogP contribution in [0.2, 0.25) is 0 Å². The Labute approximate surface area is 142 Å². The van der Waals surface area contributed by atoms with E-state index in [4.69, 9.17) is 0 Å². The minimum atomic E-state index is -0.323. The molecule has 0 spiro atoms. The number of benzene rings is 2. The monoisotopic (exact) mass is 330 g/mol. The summed E-state index contributed by atoms with van der Waals surface area (Å²) in [5, 5.41) is 10.3. The van der Waals surface area contributed by atoms with Crippen molar-refractivity contribution in [3.05, 3.63) is 82.8 Å². The second kappa shape index (κ2) is 6.09. The zero-order chi connectivity index (χ0) is 17.2. The Balaban J connectivity index is 1.63. The van der Waals surface area contributed by atoms with Crippen molar-refractivity contribution in [2.45, 2.75) is 0 Å². The Hall–Kier alpha value is -3.67. The first-order valence-corrected chi connectivity index (χ1v) is 7.74. The predicted molar refractivity (Wildman–Crippen MR) is 96.5 cm³/mol. The molecule has 0 fully saturated rings. The van der Waals surface area contributed by atoms with Crippen LogP contribution in [0.3, 0.4) is 0 Å². The fraction of sp³-hybridized carbons (Fsp3) is 0. The van der Waals surface area contributed by atoms with Gasteiger partial charge in [-0.3, -0.25) is 14.7 Å². The summed E-state index contributed by atoms with van der Waals surface area (Å²) in [6.07, 6.45) is 1.68. The Kier molecular flexibility index (Phi) is 3.63. The fourth-order valence-electron chi connectivity index (χ4n) is 2.74. The van der Waals surface area contributed by atoms with Gasteiger partial charge in [0.05, 0.1) is 11.3 Å². The molecule has 0 aliphatic heterocycles. The minimum Gasteiger partial charge on any atom is -0.322 e. The lowest BCUT2D eigenvalue weighted by Crippen LogP contribution is -2.16. The molecule has 0 radical (unpaired) electrons. The number of amides is 1. The van der Waals surface area contributed by atoms with Crippen molar-refractivity contribution in [3.8, 4) is 11.3 Å². The average Bonchev–Trinajstić information content (AvgIpc) is 3.16. The highest BCUT2D eigenvalue weighted by Gasteiger charge is 2.12. The van der Waals surface area contributed by atoms with E-state index in [1.165, 1.54) is 6.07 Å². The highest BCUT2D eigenvalue weighted by atomic mass is 16.2. The molecule has 2 heterocycles. The first-order chi connectivity index (χ1) is 12.2. The van der Waals surface area contributed by atoms with Gasteiger partial charge >= 0.3 is 0 Å². The summed E-state index contributed by atoms with van der Waals surface area (Å²) < 4.78 is 0. The molecule has 4 rings (SSSR count). The van der Waals surface area contributed by atoms with E-state index in [9.17, 15) is 9.59 Å². The van der Waals surface area contributed by atoms with Crippen LogP contribution in [0.1, 0.15) is 10.4 Å². The number of aromatic amines is 2. The second-order valence-electron chi connectivity index (χ2n) is 5.59. The molecule has 0 saturated carbocycles. The molecule has 122 valence electrons. The molecule has 2 aromatic carbocycles. The van der Waals surface area contributed by atoms with Gasteiger partial charge in [0.1, 0.15) is 0 Å². The number of para-hydroxylation sites is 1. The van der Waals surface area contributed by atoms with Gasteiger partial charge in [-0.15, -0.1) is 0 Å². The molecule has 0 aliphatic rings. The van der Waals surface area contributed by atoms with E-state index in [1.54, 1.807) is 12.3 Å². The third-order valence-electron chi connectivity index (χ3n) is 3.95. The molecule has 0 aliphatic carbocycles. The minimum absolute atomic E-state index is 0.307. The van der Waals surface area contributed by atoms with Crippen molar-refractivity contribution in [1.29, 1.82) is 0 Å². The van der Waals surface area contributed by atoms with Crippen LogP contribution in [0.15, 0.2) is 71.7 Å². The molecule has 0 unspecified atom stereocenters. The SMILES string of the molecule is O=C(Nc1ccc(-c2ccn[nH]2)cc1)c1cc(=O)[nH]c2ccccc12. The van der Waals surface area contributed by atoms with E-state index in [0.29, 0.717) is 22.2 Å². The first kappa shape index (κ1) is 14.9. The van der Waals surface area contributed by atoms with Gasteiger partial charge in [-0.1, -0.05) is 30.3 Å². The summed E-state index contributed by atoms with van der Waals surface area (Å²) in [4.78, 5) is 27.1. The van der Waals surface area contributed by atoms with Gasteiger partial charge in [0.2, 0.25) is 5.56 Å². The van der Waals surface area contributed by atoms with Crippen molar-refractivity contribution in [2.75, 3.05) is 5.32 Å². The maximum absolute atomic E-state index is 12.6. The number of H-pyrrole nitrogens is 2. The summed E-state index contributed by atoms with van der Waals surface area (Å²) in [5.41, 5.74) is 3.19. The normalized spacial score (nSPS) is 10.7. The van der Waals surface area contributed by atoms with Crippen LogP contribution in [-0.2, 0) is 0 Å². The number of aromatic nitrogens is 3. The number of hydrogen-bond acceptors (Lipinski definition) is 3. The second-order valence-corrected chi connectivity index (χ2v) is 5.59. The Morgan fingerprint density at radius 1 is 1.00 bits per heavy atom. The van der Waals surface area contributed by atoms with Crippen molar-refractivity contribution in [2.24, 2.45) is 0 Å². The van der Waals surface area contributed by atoms with Crippen molar-refractivity contribution in [1.82, 2.24) is 15.2 Å². The molecule has 3 N–H and O–H groups in total. The summed E-state index contributed by atoms with van der Waals surface area (Å²) in [6.45, 7) is 0. The molecule has 1 amide bonds. The number of hydrogen-bond donors (Lipinski definition) is 3. The molecule has 25 heavy (non-hydrogen) atoms. The van der Waals surface area contributed by atoms with Crippen molar-refractivity contribution >= 4 is 22.5 Å².